The number of hydrogen-bond acceptors (Lipinski definition) is 3. The molecule has 1 aliphatic heterocycles. The molecular weight excluding hydrogens is 357 g/mol. The number of benzene rings is 1. The summed E-state index contributed by atoms with van der Waals surface area (Å²) in [5.74, 6) is 0.634. The summed E-state index contributed by atoms with van der Waals surface area (Å²) in [7, 11) is 0. The molecule has 1 N–H and O–H groups in total. The van der Waals surface area contributed by atoms with Gasteiger partial charge in [-0.05, 0) is 17.5 Å². The van der Waals surface area contributed by atoms with Crippen molar-refractivity contribution in [2.24, 2.45) is 5.92 Å². The van der Waals surface area contributed by atoms with Crippen LogP contribution in [0.2, 0.25) is 0 Å². The number of carbonyl (C=O) groups is 1. The lowest BCUT2D eigenvalue weighted by Gasteiger charge is -2.38. The van der Waals surface area contributed by atoms with Gasteiger partial charge in [0.15, 0.2) is 0 Å². The van der Waals surface area contributed by atoms with Crippen LogP contribution in [0.1, 0.15) is 43.6 Å². The second-order valence-electron chi connectivity index (χ2n) is 6.61. The first kappa shape index (κ1) is 22.0. The number of hydrogen-bond donors (Lipinski definition) is 1. The molecule has 2 atom stereocenters. The monoisotopic (exact) mass is 385 g/mol. The van der Waals surface area contributed by atoms with Crippen molar-refractivity contribution < 1.29 is 4.79 Å². The number of fused-ring (bicyclic) bond motifs is 1. The zero-order chi connectivity index (χ0) is 16.4. The molecule has 0 spiro atoms. The van der Waals surface area contributed by atoms with Gasteiger partial charge in [-0.3, -0.25) is 14.3 Å². The van der Waals surface area contributed by atoms with Crippen LogP contribution in [0.3, 0.4) is 0 Å². The van der Waals surface area contributed by atoms with E-state index in [9.17, 15) is 4.79 Å². The van der Waals surface area contributed by atoms with Gasteiger partial charge in [0.2, 0.25) is 5.91 Å². The SMILES string of the molecule is CCC(C)[C@@H](c1cn(C(C)=O)c2ccccc12)N1CCNCC1.Cl.Cl. The van der Waals surface area contributed by atoms with Crippen molar-refractivity contribution in [2.45, 2.75) is 33.2 Å². The molecular formula is C19H29Cl2N3O. The highest BCUT2D eigenvalue weighted by molar-refractivity contribution is 5.93. The van der Waals surface area contributed by atoms with Crippen molar-refractivity contribution in [3.8, 4) is 0 Å². The number of nitrogens with zero attached hydrogens (tertiary/aromatic N) is 2. The van der Waals surface area contributed by atoms with Crippen LogP contribution in [0.4, 0.5) is 0 Å². The predicted octanol–water partition coefficient (Wildman–Crippen LogP) is 4.14. The van der Waals surface area contributed by atoms with Crippen LogP contribution < -0.4 is 5.32 Å². The number of piperazine rings is 1. The van der Waals surface area contributed by atoms with Gasteiger partial charge < -0.3 is 5.32 Å². The summed E-state index contributed by atoms with van der Waals surface area (Å²) in [5.41, 5.74) is 2.32. The van der Waals surface area contributed by atoms with Crippen molar-refractivity contribution in [3.05, 3.63) is 36.0 Å². The zero-order valence-corrected chi connectivity index (χ0v) is 16.8. The minimum absolute atomic E-state index is 0. The largest absolute Gasteiger partial charge is 0.314 e. The summed E-state index contributed by atoms with van der Waals surface area (Å²) in [4.78, 5) is 14.6. The number of carbonyl (C=O) groups excluding carboxylic acids is 1. The van der Waals surface area contributed by atoms with E-state index in [4.69, 9.17) is 0 Å². The van der Waals surface area contributed by atoms with E-state index >= 15 is 0 Å². The quantitative estimate of drug-likeness (QED) is 0.858. The molecule has 140 valence electrons. The van der Waals surface area contributed by atoms with Crippen molar-refractivity contribution in [1.29, 1.82) is 0 Å². The van der Waals surface area contributed by atoms with E-state index in [-0.39, 0.29) is 30.7 Å². The van der Waals surface area contributed by atoms with Gasteiger partial charge >= 0.3 is 0 Å². The Morgan fingerprint density at radius 3 is 2.44 bits per heavy atom. The van der Waals surface area contributed by atoms with Gasteiger partial charge in [-0.25, -0.2) is 0 Å². The van der Waals surface area contributed by atoms with E-state index < -0.39 is 0 Å². The number of nitrogens with one attached hydrogen (secondary N) is 1. The van der Waals surface area contributed by atoms with E-state index in [0.717, 1.165) is 38.1 Å². The van der Waals surface area contributed by atoms with Gasteiger partial charge in [-0.2, -0.15) is 0 Å². The predicted molar refractivity (Wildman–Crippen MR) is 109 cm³/mol. The Balaban J connectivity index is 0.00000156. The van der Waals surface area contributed by atoms with Gasteiger partial charge in [-0.1, -0.05) is 38.5 Å². The Morgan fingerprint density at radius 2 is 1.84 bits per heavy atom. The summed E-state index contributed by atoms with van der Waals surface area (Å²) < 4.78 is 1.81. The van der Waals surface area contributed by atoms with E-state index in [0.29, 0.717) is 12.0 Å². The highest BCUT2D eigenvalue weighted by Crippen LogP contribution is 2.36. The van der Waals surface area contributed by atoms with Crippen molar-refractivity contribution in [2.75, 3.05) is 26.2 Å². The number of aromatic nitrogens is 1. The molecule has 0 saturated carbocycles. The topological polar surface area (TPSA) is 37.3 Å². The molecule has 1 aromatic carbocycles. The van der Waals surface area contributed by atoms with E-state index in [1.807, 2.05) is 16.7 Å². The standard InChI is InChI=1S/C19H27N3O.2ClH/c1-4-14(2)19(21-11-9-20-10-12-21)17-13-22(15(3)23)18-8-6-5-7-16(17)18;;/h5-8,13-14,19-20H,4,9-12H2,1-3H3;2*1H/t14?,19-;;/m0../s1. The average molecular weight is 386 g/mol. The Morgan fingerprint density at radius 1 is 1.20 bits per heavy atom. The second kappa shape index (κ2) is 9.58. The van der Waals surface area contributed by atoms with Crippen LogP contribution in [0.5, 0.6) is 0 Å². The maximum absolute atomic E-state index is 12.1. The normalized spacial score (nSPS) is 17.4. The zero-order valence-electron chi connectivity index (χ0n) is 15.2. The summed E-state index contributed by atoms with van der Waals surface area (Å²) >= 11 is 0. The highest BCUT2D eigenvalue weighted by Gasteiger charge is 2.29. The molecule has 3 rings (SSSR count). The van der Waals surface area contributed by atoms with Gasteiger partial charge in [0.05, 0.1) is 5.52 Å². The van der Waals surface area contributed by atoms with Crippen LogP contribution in [0.25, 0.3) is 10.9 Å². The van der Waals surface area contributed by atoms with Gasteiger partial charge in [0.25, 0.3) is 0 Å². The van der Waals surface area contributed by atoms with Gasteiger partial charge in [0, 0.05) is 50.7 Å². The van der Waals surface area contributed by atoms with Crippen LogP contribution >= 0.6 is 24.8 Å². The van der Waals surface area contributed by atoms with Crippen LogP contribution in [0.15, 0.2) is 30.5 Å². The molecule has 0 bridgehead atoms. The molecule has 0 amide bonds. The maximum Gasteiger partial charge on any atom is 0.227 e. The fourth-order valence-corrected chi connectivity index (χ4v) is 3.75. The lowest BCUT2D eigenvalue weighted by Crippen LogP contribution is -2.46. The van der Waals surface area contributed by atoms with E-state index in [2.05, 4.69) is 42.4 Å². The van der Waals surface area contributed by atoms with Gasteiger partial charge in [-0.15, -0.1) is 24.8 Å². The minimum Gasteiger partial charge on any atom is -0.314 e. The number of rotatable bonds is 4. The maximum atomic E-state index is 12.1. The van der Waals surface area contributed by atoms with Crippen LogP contribution in [-0.2, 0) is 0 Å². The first-order valence-corrected chi connectivity index (χ1v) is 8.69. The molecule has 0 aliphatic carbocycles. The molecule has 1 saturated heterocycles. The van der Waals surface area contributed by atoms with Crippen LogP contribution in [-0.4, -0.2) is 41.6 Å². The van der Waals surface area contributed by atoms with Crippen molar-refractivity contribution >= 4 is 41.6 Å². The molecule has 1 unspecified atom stereocenters. The van der Waals surface area contributed by atoms with Crippen molar-refractivity contribution in [3.63, 3.8) is 0 Å². The third-order valence-corrected chi connectivity index (χ3v) is 5.13. The Hall–Kier alpha value is -1.07. The fourth-order valence-electron chi connectivity index (χ4n) is 3.75. The lowest BCUT2D eigenvalue weighted by atomic mass is 9.90. The van der Waals surface area contributed by atoms with E-state index in [1.165, 1.54) is 10.9 Å². The fraction of sp³-hybridized carbons (Fsp3) is 0.526. The number of para-hydroxylation sites is 1. The summed E-state index contributed by atoms with van der Waals surface area (Å²) in [6.07, 6.45) is 3.21. The Bertz CT molecular complexity index is 695. The Kier molecular flexibility index (Phi) is 8.42. The molecule has 1 fully saturated rings. The first-order valence-electron chi connectivity index (χ1n) is 8.69. The molecule has 1 aliphatic rings. The molecule has 25 heavy (non-hydrogen) atoms. The smallest absolute Gasteiger partial charge is 0.227 e. The van der Waals surface area contributed by atoms with Crippen molar-refractivity contribution in [1.82, 2.24) is 14.8 Å². The number of halogens is 2. The molecule has 2 aromatic rings. The molecule has 2 heterocycles. The molecule has 0 radical (unpaired) electrons. The third-order valence-electron chi connectivity index (χ3n) is 5.13. The lowest BCUT2D eigenvalue weighted by molar-refractivity contribution is 0.0940. The average Bonchev–Trinajstić information content (AvgIpc) is 2.96. The molecule has 1 aromatic heterocycles. The highest BCUT2D eigenvalue weighted by atomic mass is 35.5. The third kappa shape index (κ3) is 4.37. The Labute approximate surface area is 162 Å². The second-order valence-corrected chi connectivity index (χ2v) is 6.61. The minimum atomic E-state index is 0. The molecule has 4 nitrogen and oxygen atoms in total. The molecule has 6 heteroatoms. The summed E-state index contributed by atoms with van der Waals surface area (Å²) in [6.45, 7) is 10.4. The summed E-state index contributed by atoms with van der Waals surface area (Å²) in [5, 5.41) is 4.65. The van der Waals surface area contributed by atoms with E-state index in [1.54, 1.807) is 6.92 Å². The first-order chi connectivity index (χ1) is 11.1. The summed E-state index contributed by atoms with van der Waals surface area (Å²) in [6, 6.07) is 8.65. The van der Waals surface area contributed by atoms with Gasteiger partial charge in [0.1, 0.15) is 0 Å². The van der Waals surface area contributed by atoms with Crippen LogP contribution in [0, 0.1) is 5.92 Å².